The summed E-state index contributed by atoms with van der Waals surface area (Å²) >= 11 is 0. The lowest BCUT2D eigenvalue weighted by Crippen LogP contribution is -2.33. The van der Waals surface area contributed by atoms with Crippen molar-refractivity contribution in [2.24, 2.45) is 0 Å². The second-order valence-electron chi connectivity index (χ2n) is 6.09. The number of benzene rings is 1. The van der Waals surface area contributed by atoms with Crippen LogP contribution >= 0.6 is 0 Å². The molecule has 3 nitrogen and oxygen atoms in total. The normalized spacial score (nSPS) is 21.4. The molecule has 1 aliphatic heterocycles. The maximum absolute atomic E-state index is 12.3. The minimum Gasteiger partial charge on any atom is -0.377 e. The Bertz CT molecular complexity index is 492. The monoisotopic (exact) mass is 273 g/mol. The summed E-state index contributed by atoms with van der Waals surface area (Å²) in [5, 5.41) is 0. The van der Waals surface area contributed by atoms with Crippen molar-refractivity contribution in [3.05, 3.63) is 34.9 Å². The van der Waals surface area contributed by atoms with Crippen LogP contribution in [0.2, 0.25) is 0 Å². The Hall–Kier alpha value is -1.19. The van der Waals surface area contributed by atoms with Crippen LogP contribution in [0.5, 0.6) is 0 Å². The average molecular weight is 273 g/mol. The summed E-state index contributed by atoms with van der Waals surface area (Å²) < 4.78 is 5.62. The molecule has 1 unspecified atom stereocenters. The number of aryl methyl sites for hydroxylation is 2. The van der Waals surface area contributed by atoms with Crippen molar-refractivity contribution in [2.45, 2.75) is 38.2 Å². The molecule has 0 N–H and O–H groups in total. The quantitative estimate of drug-likeness (QED) is 0.772. The van der Waals surface area contributed by atoms with Crippen LogP contribution in [0.1, 0.15) is 40.7 Å². The lowest BCUT2D eigenvalue weighted by Gasteiger charge is -2.19. The number of hydrogen-bond acceptors (Lipinski definition) is 3. The topological polar surface area (TPSA) is 29.5 Å². The van der Waals surface area contributed by atoms with Gasteiger partial charge in [0.05, 0.1) is 12.6 Å². The summed E-state index contributed by atoms with van der Waals surface area (Å²) in [7, 11) is 2.01. The average Bonchev–Trinajstić information content (AvgIpc) is 3.07. The zero-order valence-corrected chi connectivity index (χ0v) is 12.2. The van der Waals surface area contributed by atoms with E-state index in [-0.39, 0.29) is 5.78 Å². The van der Waals surface area contributed by atoms with E-state index in [1.54, 1.807) is 0 Å². The van der Waals surface area contributed by atoms with Crippen LogP contribution in [0, 0.1) is 0 Å². The standard InChI is InChI=1S/C17H23NO2/c1-18(11-16-6-3-9-20-16)12-17(19)15-8-7-13-4-2-5-14(13)10-15/h7-8,10,16H,2-6,9,11-12H2,1H3. The van der Waals surface area contributed by atoms with Gasteiger partial charge in [-0.3, -0.25) is 9.69 Å². The zero-order valence-electron chi connectivity index (χ0n) is 12.2. The Morgan fingerprint density at radius 1 is 1.30 bits per heavy atom. The minimum absolute atomic E-state index is 0.222. The van der Waals surface area contributed by atoms with Gasteiger partial charge in [0.2, 0.25) is 0 Å². The van der Waals surface area contributed by atoms with Crippen LogP contribution in [0.25, 0.3) is 0 Å². The van der Waals surface area contributed by atoms with E-state index in [1.807, 2.05) is 13.1 Å². The SMILES string of the molecule is CN(CC(=O)c1ccc2c(c1)CCC2)CC1CCCO1. The first-order valence-corrected chi connectivity index (χ1v) is 7.67. The highest BCUT2D eigenvalue weighted by atomic mass is 16.5. The van der Waals surface area contributed by atoms with Crippen LogP contribution in [-0.4, -0.2) is 43.5 Å². The van der Waals surface area contributed by atoms with Gasteiger partial charge >= 0.3 is 0 Å². The third kappa shape index (κ3) is 3.10. The first kappa shape index (κ1) is 13.8. The van der Waals surface area contributed by atoms with Gasteiger partial charge in [-0.05, 0) is 56.3 Å². The van der Waals surface area contributed by atoms with E-state index < -0.39 is 0 Å². The molecule has 1 heterocycles. The summed E-state index contributed by atoms with van der Waals surface area (Å²) in [6.07, 6.45) is 6.11. The van der Waals surface area contributed by atoms with Crippen molar-refractivity contribution in [1.29, 1.82) is 0 Å². The smallest absolute Gasteiger partial charge is 0.176 e. The van der Waals surface area contributed by atoms with Gasteiger partial charge in [0.25, 0.3) is 0 Å². The number of ketones is 1. The fourth-order valence-electron chi connectivity index (χ4n) is 3.28. The molecule has 0 aromatic heterocycles. The summed E-state index contributed by atoms with van der Waals surface area (Å²) in [5.41, 5.74) is 3.66. The molecule has 0 radical (unpaired) electrons. The van der Waals surface area contributed by atoms with Crippen molar-refractivity contribution < 1.29 is 9.53 Å². The fraction of sp³-hybridized carbons (Fsp3) is 0.588. The summed E-state index contributed by atoms with van der Waals surface area (Å²) in [6.45, 7) is 2.21. The number of carbonyl (C=O) groups excluding carboxylic acids is 1. The summed E-state index contributed by atoms with van der Waals surface area (Å²) in [5.74, 6) is 0.222. The van der Waals surface area contributed by atoms with Crippen LogP contribution in [0.15, 0.2) is 18.2 Å². The number of Topliss-reactive ketones (excluding diaryl/α,β-unsaturated/α-hetero) is 1. The molecule has 1 aliphatic carbocycles. The number of fused-ring (bicyclic) bond motifs is 1. The van der Waals surface area contributed by atoms with Gasteiger partial charge in [-0.15, -0.1) is 0 Å². The Morgan fingerprint density at radius 2 is 2.15 bits per heavy atom. The minimum atomic E-state index is 0.222. The lowest BCUT2D eigenvalue weighted by molar-refractivity contribution is 0.0740. The van der Waals surface area contributed by atoms with E-state index in [1.165, 1.54) is 24.0 Å². The fourth-order valence-corrected chi connectivity index (χ4v) is 3.28. The van der Waals surface area contributed by atoms with Crippen LogP contribution < -0.4 is 0 Å². The molecule has 1 fully saturated rings. The highest BCUT2D eigenvalue weighted by molar-refractivity contribution is 5.97. The van der Waals surface area contributed by atoms with Gasteiger partial charge < -0.3 is 4.74 Å². The van der Waals surface area contributed by atoms with E-state index in [4.69, 9.17) is 4.74 Å². The van der Waals surface area contributed by atoms with Gasteiger partial charge in [-0.25, -0.2) is 0 Å². The van der Waals surface area contributed by atoms with Gasteiger partial charge in [0.1, 0.15) is 0 Å². The highest BCUT2D eigenvalue weighted by Gasteiger charge is 2.19. The number of carbonyl (C=O) groups is 1. The summed E-state index contributed by atoms with van der Waals surface area (Å²) in [6, 6.07) is 6.23. The predicted octanol–water partition coefficient (Wildman–Crippen LogP) is 2.47. The third-order valence-corrected chi connectivity index (χ3v) is 4.37. The lowest BCUT2D eigenvalue weighted by atomic mass is 10.0. The molecular weight excluding hydrogens is 250 g/mol. The van der Waals surface area contributed by atoms with Gasteiger partial charge in [0.15, 0.2) is 5.78 Å². The number of nitrogens with zero attached hydrogens (tertiary/aromatic N) is 1. The second-order valence-corrected chi connectivity index (χ2v) is 6.09. The van der Waals surface area contributed by atoms with Gasteiger partial charge in [-0.2, -0.15) is 0 Å². The Kier molecular flexibility index (Phi) is 4.18. The van der Waals surface area contributed by atoms with Gasteiger partial charge in [-0.1, -0.05) is 12.1 Å². The summed E-state index contributed by atoms with van der Waals surface area (Å²) in [4.78, 5) is 14.4. The third-order valence-electron chi connectivity index (χ3n) is 4.37. The Balaban J connectivity index is 1.58. The molecule has 1 saturated heterocycles. The van der Waals surface area contributed by atoms with Crippen LogP contribution in [0.3, 0.4) is 0 Å². The molecule has 108 valence electrons. The highest BCUT2D eigenvalue weighted by Crippen LogP contribution is 2.23. The zero-order chi connectivity index (χ0) is 13.9. The van der Waals surface area contributed by atoms with E-state index in [0.717, 1.165) is 38.0 Å². The van der Waals surface area contributed by atoms with Crippen molar-refractivity contribution in [3.8, 4) is 0 Å². The largest absolute Gasteiger partial charge is 0.377 e. The number of likely N-dealkylation sites (N-methyl/N-ethyl adjacent to an activating group) is 1. The molecule has 20 heavy (non-hydrogen) atoms. The predicted molar refractivity (Wildman–Crippen MR) is 79.3 cm³/mol. The molecule has 0 bridgehead atoms. The maximum atomic E-state index is 12.3. The Morgan fingerprint density at radius 3 is 2.95 bits per heavy atom. The molecule has 1 aromatic carbocycles. The number of hydrogen-bond donors (Lipinski definition) is 0. The van der Waals surface area contributed by atoms with Crippen molar-refractivity contribution >= 4 is 5.78 Å². The Labute approximate surface area is 120 Å². The van der Waals surface area contributed by atoms with Gasteiger partial charge in [0, 0.05) is 18.7 Å². The molecule has 1 atom stereocenters. The van der Waals surface area contributed by atoms with E-state index in [9.17, 15) is 4.79 Å². The molecule has 0 spiro atoms. The number of ether oxygens (including phenoxy) is 1. The molecular formula is C17H23NO2. The van der Waals surface area contributed by atoms with Crippen molar-refractivity contribution in [3.63, 3.8) is 0 Å². The molecule has 3 rings (SSSR count). The van der Waals surface area contributed by atoms with Crippen molar-refractivity contribution in [2.75, 3.05) is 26.7 Å². The van der Waals surface area contributed by atoms with E-state index >= 15 is 0 Å². The first-order valence-electron chi connectivity index (χ1n) is 7.67. The molecule has 0 amide bonds. The number of rotatable bonds is 5. The molecule has 3 heteroatoms. The maximum Gasteiger partial charge on any atom is 0.176 e. The molecule has 1 aromatic rings. The van der Waals surface area contributed by atoms with Crippen LogP contribution in [0.4, 0.5) is 0 Å². The van der Waals surface area contributed by atoms with Crippen molar-refractivity contribution in [1.82, 2.24) is 4.90 Å². The molecule has 2 aliphatic rings. The van der Waals surface area contributed by atoms with Crippen LogP contribution in [-0.2, 0) is 17.6 Å². The first-order chi connectivity index (χ1) is 9.72. The molecule has 0 saturated carbocycles. The second kappa shape index (κ2) is 6.06. The van der Waals surface area contributed by atoms with E-state index in [2.05, 4.69) is 17.0 Å². The van der Waals surface area contributed by atoms with E-state index in [0.29, 0.717) is 12.6 Å².